The molecule has 2 aromatic rings. The summed E-state index contributed by atoms with van der Waals surface area (Å²) in [7, 11) is 0. The Balaban J connectivity index is 1.98. The summed E-state index contributed by atoms with van der Waals surface area (Å²) in [5.41, 5.74) is 2.28. The highest BCUT2D eigenvalue weighted by atomic mass is 32.1. The molecule has 0 radical (unpaired) electrons. The number of H-pyrrole nitrogens is 1. The molecule has 0 atom stereocenters. The molecule has 3 rings (SSSR count). The molecule has 0 unspecified atom stereocenters. The van der Waals surface area contributed by atoms with Crippen LogP contribution in [-0.4, -0.2) is 16.0 Å². The van der Waals surface area contributed by atoms with Gasteiger partial charge in [-0.05, 0) is 25.0 Å². The van der Waals surface area contributed by atoms with E-state index < -0.39 is 0 Å². The standard InChI is InChI=1S/C13H12N2OS/c16-13(9-2-1-3-10(17)6-9)11-7-14-15-12(11)8-4-5-8/h1-3,6-8,17H,4-5H2,(H,14,15). The van der Waals surface area contributed by atoms with Gasteiger partial charge in [0.2, 0.25) is 0 Å². The number of aromatic amines is 1. The van der Waals surface area contributed by atoms with Crippen molar-refractivity contribution in [3.05, 3.63) is 47.3 Å². The van der Waals surface area contributed by atoms with Crippen molar-refractivity contribution in [2.24, 2.45) is 0 Å². The molecule has 17 heavy (non-hydrogen) atoms. The topological polar surface area (TPSA) is 45.8 Å². The van der Waals surface area contributed by atoms with Crippen LogP contribution in [0.3, 0.4) is 0 Å². The number of thiol groups is 1. The molecule has 0 bridgehead atoms. The molecule has 3 nitrogen and oxygen atoms in total. The molecule has 0 spiro atoms. The Morgan fingerprint density at radius 1 is 1.41 bits per heavy atom. The fourth-order valence-electron chi connectivity index (χ4n) is 1.95. The van der Waals surface area contributed by atoms with Gasteiger partial charge in [0.25, 0.3) is 0 Å². The van der Waals surface area contributed by atoms with E-state index in [0.29, 0.717) is 17.0 Å². The number of nitrogens with zero attached hydrogens (tertiary/aromatic N) is 1. The molecule has 1 fully saturated rings. The van der Waals surface area contributed by atoms with Crippen molar-refractivity contribution in [3.63, 3.8) is 0 Å². The maximum atomic E-state index is 12.3. The van der Waals surface area contributed by atoms with Crippen molar-refractivity contribution in [2.45, 2.75) is 23.7 Å². The van der Waals surface area contributed by atoms with Gasteiger partial charge in [-0.15, -0.1) is 12.6 Å². The lowest BCUT2D eigenvalue weighted by Crippen LogP contribution is -2.03. The monoisotopic (exact) mass is 244 g/mol. The van der Waals surface area contributed by atoms with E-state index in [2.05, 4.69) is 22.8 Å². The van der Waals surface area contributed by atoms with Gasteiger partial charge in [0.05, 0.1) is 11.3 Å². The van der Waals surface area contributed by atoms with Gasteiger partial charge in [-0.25, -0.2) is 0 Å². The number of nitrogens with one attached hydrogen (secondary N) is 1. The first-order valence-corrected chi connectivity index (χ1v) is 6.08. The van der Waals surface area contributed by atoms with Crippen molar-refractivity contribution in [2.75, 3.05) is 0 Å². The zero-order chi connectivity index (χ0) is 11.8. The average molecular weight is 244 g/mol. The summed E-state index contributed by atoms with van der Waals surface area (Å²) < 4.78 is 0. The number of rotatable bonds is 3. The Labute approximate surface area is 105 Å². The maximum Gasteiger partial charge on any atom is 0.196 e. The molecule has 0 aliphatic heterocycles. The van der Waals surface area contributed by atoms with Crippen LogP contribution in [-0.2, 0) is 0 Å². The minimum absolute atomic E-state index is 0.0246. The number of hydrogen-bond donors (Lipinski definition) is 2. The molecule has 86 valence electrons. The number of benzene rings is 1. The molecule has 0 saturated heterocycles. The van der Waals surface area contributed by atoms with Crippen LogP contribution in [0, 0.1) is 0 Å². The van der Waals surface area contributed by atoms with Crippen LogP contribution < -0.4 is 0 Å². The highest BCUT2D eigenvalue weighted by molar-refractivity contribution is 7.80. The number of carbonyl (C=O) groups is 1. The van der Waals surface area contributed by atoms with Crippen LogP contribution >= 0.6 is 12.6 Å². The van der Waals surface area contributed by atoms with Crippen LogP contribution in [0.25, 0.3) is 0 Å². The van der Waals surface area contributed by atoms with Crippen molar-refractivity contribution in [3.8, 4) is 0 Å². The Bertz CT molecular complexity index is 572. The van der Waals surface area contributed by atoms with E-state index in [9.17, 15) is 4.79 Å². The molecule has 1 aromatic heterocycles. The minimum atomic E-state index is 0.0246. The van der Waals surface area contributed by atoms with Crippen molar-refractivity contribution >= 4 is 18.4 Å². The second-order valence-electron chi connectivity index (χ2n) is 4.34. The van der Waals surface area contributed by atoms with Gasteiger partial charge in [0.1, 0.15) is 0 Å². The predicted octanol–water partition coefficient (Wildman–Crippen LogP) is 2.81. The Hall–Kier alpha value is -1.55. The first-order valence-electron chi connectivity index (χ1n) is 5.63. The summed E-state index contributed by atoms with van der Waals surface area (Å²) in [5, 5.41) is 6.98. The molecule has 0 amide bonds. The summed E-state index contributed by atoms with van der Waals surface area (Å²) >= 11 is 4.25. The zero-order valence-corrected chi connectivity index (χ0v) is 10.1. The molecular weight excluding hydrogens is 232 g/mol. The highest BCUT2D eigenvalue weighted by Gasteiger charge is 2.30. The van der Waals surface area contributed by atoms with E-state index in [1.807, 2.05) is 18.2 Å². The average Bonchev–Trinajstić information content (AvgIpc) is 3.06. The van der Waals surface area contributed by atoms with Crippen LogP contribution in [0.15, 0.2) is 35.4 Å². The van der Waals surface area contributed by atoms with Crippen LogP contribution in [0.5, 0.6) is 0 Å². The quantitative estimate of drug-likeness (QED) is 0.644. The second-order valence-corrected chi connectivity index (χ2v) is 4.85. The third kappa shape index (κ3) is 2.00. The Kier molecular flexibility index (Phi) is 2.52. The van der Waals surface area contributed by atoms with Gasteiger partial charge in [-0.1, -0.05) is 12.1 Å². The Morgan fingerprint density at radius 3 is 2.94 bits per heavy atom. The lowest BCUT2D eigenvalue weighted by atomic mass is 10.0. The normalized spacial score (nSPS) is 14.9. The molecular formula is C13H12N2OS. The minimum Gasteiger partial charge on any atom is -0.288 e. The van der Waals surface area contributed by atoms with Gasteiger partial charge >= 0.3 is 0 Å². The lowest BCUT2D eigenvalue weighted by molar-refractivity contribution is 0.103. The van der Waals surface area contributed by atoms with Crippen molar-refractivity contribution < 1.29 is 4.79 Å². The van der Waals surface area contributed by atoms with Crippen molar-refractivity contribution in [1.82, 2.24) is 10.2 Å². The fraction of sp³-hybridized carbons (Fsp3) is 0.231. The predicted molar refractivity (Wildman–Crippen MR) is 67.7 cm³/mol. The van der Waals surface area contributed by atoms with E-state index in [1.165, 1.54) is 0 Å². The lowest BCUT2D eigenvalue weighted by Gasteiger charge is -2.01. The number of ketones is 1. The van der Waals surface area contributed by atoms with E-state index in [0.717, 1.165) is 23.4 Å². The summed E-state index contributed by atoms with van der Waals surface area (Å²) in [6, 6.07) is 7.30. The van der Waals surface area contributed by atoms with Gasteiger partial charge in [-0.3, -0.25) is 9.89 Å². The Morgan fingerprint density at radius 2 is 2.24 bits per heavy atom. The van der Waals surface area contributed by atoms with E-state index >= 15 is 0 Å². The van der Waals surface area contributed by atoms with Crippen LogP contribution in [0.4, 0.5) is 0 Å². The van der Waals surface area contributed by atoms with Gasteiger partial charge in [0, 0.05) is 22.6 Å². The maximum absolute atomic E-state index is 12.3. The summed E-state index contributed by atoms with van der Waals surface area (Å²) in [6.45, 7) is 0. The molecule has 4 heteroatoms. The summed E-state index contributed by atoms with van der Waals surface area (Å²) in [5.74, 6) is 0.496. The first-order chi connectivity index (χ1) is 8.25. The van der Waals surface area contributed by atoms with E-state index in [4.69, 9.17) is 0 Å². The third-order valence-electron chi connectivity index (χ3n) is 2.99. The number of aromatic nitrogens is 2. The van der Waals surface area contributed by atoms with E-state index in [-0.39, 0.29) is 5.78 Å². The number of carbonyl (C=O) groups excluding carboxylic acids is 1. The SMILES string of the molecule is O=C(c1cccc(S)c1)c1c[nH]nc1C1CC1. The molecule has 1 aromatic carbocycles. The summed E-state index contributed by atoms with van der Waals surface area (Å²) in [4.78, 5) is 13.1. The van der Waals surface area contributed by atoms with Gasteiger partial charge in [0.15, 0.2) is 5.78 Å². The molecule has 1 aliphatic rings. The van der Waals surface area contributed by atoms with Crippen LogP contribution in [0.2, 0.25) is 0 Å². The van der Waals surface area contributed by atoms with E-state index in [1.54, 1.807) is 12.3 Å². The van der Waals surface area contributed by atoms with Crippen LogP contribution in [0.1, 0.15) is 40.4 Å². The highest BCUT2D eigenvalue weighted by Crippen LogP contribution is 2.40. The van der Waals surface area contributed by atoms with Gasteiger partial charge < -0.3 is 0 Å². The molecule has 1 saturated carbocycles. The molecule has 1 heterocycles. The molecule has 1 N–H and O–H groups in total. The smallest absolute Gasteiger partial charge is 0.196 e. The second kappa shape index (κ2) is 4.04. The zero-order valence-electron chi connectivity index (χ0n) is 9.18. The molecule has 1 aliphatic carbocycles. The third-order valence-corrected chi connectivity index (χ3v) is 3.27. The van der Waals surface area contributed by atoms with Gasteiger partial charge in [-0.2, -0.15) is 5.10 Å². The fourth-order valence-corrected chi connectivity index (χ4v) is 2.18. The number of hydrogen-bond acceptors (Lipinski definition) is 3. The largest absolute Gasteiger partial charge is 0.288 e. The summed E-state index contributed by atoms with van der Waals surface area (Å²) in [6.07, 6.45) is 3.97. The first kappa shape index (κ1) is 10.6. The van der Waals surface area contributed by atoms with Crippen molar-refractivity contribution in [1.29, 1.82) is 0 Å².